The van der Waals surface area contributed by atoms with Gasteiger partial charge in [-0.05, 0) is 75.2 Å². The minimum atomic E-state index is -0.333. The van der Waals surface area contributed by atoms with E-state index >= 15 is 0 Å². The van der Waals surface area contributed by atoms with E-state index in [0.717, 1.165) is 17.9 Å². The van der Waals surface area contributed by atoms with Crippen molar-refractivity contribution in [3.63, 3.8) is 0 Å². The standard InChI is InChI=1S/C28H31FN4O4S/c1-15(2)30-27(34)23-13-21-22(14-32(5)28(35)25(21)31-23)20-12-19(33(6)38-36-7)8-9-24(20)37-26-16(3)10-18(29)11-17(26)4/h8-15,31H,1-7H3,(H,30,34). The zero-order valence-electron chi connectivity index (χ0n) is 22.4. The number of amides is 1. The number of hydrogen-bond donors (Lipinski definition) is 2. The fourth-order valence-corrected chi connectivity index (χ4v) is 4.77. The minimum Gasteiger partial charge on any atom is -0.456 e. The number of rotatable bonds is 8. The maximum atomic E-state index is 14.0. The number of nitrogens with one attached hydrogen (secondary N) is 2. The highest BCUT2D eigenvalue weighted by atomic mass is 32.2. The summed E-state index contributed by atoms with van der Waals surface area (Å²) in [5, 5.41) is 3.44. The molecule has 200 valence electrons. The molecule has 0 atom stereocenters. The Hall–Kier alpha value is -3.76. The monoisotopic (exact) mass is 538 g/mol. The van der Waals surface area contributed by atoms with Crippen LogP contribution in [0.5, 0.6) is 11.5 Å². The van der Waals surface area contributed by atoms with Crippen LogP contribution in [0.4, 0.5) is 10.1 Å². The number of halogens is 1. The summed E-state index contributed by atoms with van der Waals surface area (Å²) in [5.74, 6) is 0.424. The summed E-state index contributed by atoms with van der Waals surface area (Å²) in [4.78, 5) is 28.8. The third-order valence-electron chi connectivity index (χ3n) is 6.07. The van der Waals surface area contributed by atoms with Crippen LogP contribution in [-0.2, 0) is 11.2 Å². The zero-order valence-corrected chi connectivity index (χ0v) is 23.2. The van der Waals surface area contributed by atoms with Crippen LogP contribution in [0, 0.1) is 19.7 Å². The first-order chi connectivity index (χ1) is 18.0. The molecular weight excluding hydrogens is 507 g/mol. The van der Waals surface area contributed by atoms with E-state index in [0.29, 0.717) is 44.7 Å². The second kappa shape index (κ2) is 10.9. The summed E-state index contributed by atoms with van der Waals surface area (Å²) in [6.07, 6.45) is 1.72. The van der Waals surface area contributed by atoms with E-state index < -0.39 is 0 Å². The molecule has 8 nitrogen and oxygen atoms in total. The Bertz CT molecular complexity index is 1550. The Balaban J connectivity index is 1.96. The van der Waals surface area contributed by atoms with Crippen LogP contribution in [0.3, 0.4) is 0 Å². The SMILES string of the molecule is COSN(C)c1ccc(Oc2c(C)cc(F)cc2C)c(-c2cn(C)c(=O)c3[nH]c(C(=O)NC(C)C)cc23)c1. The predicted octanol–water partition coefficient (Wildman–Crippen LogP) is 5.87. The van der Waals surface area contributed by atoms with Crippen molar-refractivity contribution in [1.82, 2.24) is 14.9 Å². The zero-order chi connectivity index (χ0) is 27.7. The molecule has 0 aliphatic rings. The first kappa shape index (κ1) is 27.3. The number of aromatic amines is 1. The Morgan fingerprint density at radius 3 is 2.45 bits per heavy atom. The Labute approximate surface area is 225 Å². The lowest BCUT2D eigenvalue weighted by Crippen LogP contribution is -2.30. The molecule has 10 heteroatoms. The van der Waals surface area contributed by atoms with E-state index in [1.54, 1.807) is 40.3 Å². The maximum absolute atomic E-state index is 14.0. The normalized spacial score (nSPS) is 11.3. The van der Waals surface area contributed by atoms with Crippen LogP contribution in [0.15, 0.2) is 47.4 Å². The number of carbonyl (C=O) groups is 1. The van der Waals surface area contributed by atoms with Crippen LogP contribution < -0.4 is 19.9 Å². The number of carbonyl (C=O) groups excluding carboxylic acids is 1. The third kappa shape index (κ3) is 5.41. The summed E-state index contributed by atoms with van der Waals surface area (Å²) in [6, 6.07) is 10.1. The first-order valence-corrected chi connectivity index (χ1v) is 12.8. The number of fused-ring (bicyclic) bond motifs is 1. The van der Waals surface area contributed by atoms with Crippen LogP contribution in [0.2, 0.25) is 0 Å². The predicted molar refractivity (Wildman–Crippen MR) is 151 cm³/mol. The molecule has 2 heterocycles. The molecular formula is C28H31FN4O4S. The van der Waals surface area contributed by atoms with Crippen LogP contribution in [-0.4, -0.2) is 35.7 Å². The lowest BCUT2D eigenvalue weighted by atomic mass is 10.0. The molecule has 2 aromatic heterocycles. The molecule has 0 aliphatic heterocycles. The highest BCUT2D eigenvalue weighted by molar-refractivity contribution is 7.96. The highest BCUT2D eigenvalue weighted by Crippen LogP contribution is 2.41. The van der Waals surface area contributed by atoms with Crippen molar-refractivity contribution in [3.8, 4) is 22.6 Å². The van der Waals surface area contributed by atoms with Gasteiger partial charge in [-0.25, -0.2) is 4.39 Å². The van der Waals surface area contributed by atoms with E-state index in [4.69, 9.17) is 8.92 Å². The summed E-state index contributed by atoms with van der Waals surface area (Å²) in [7, 11) is 5.11. The number of aryl methyl sites for hydroxylation is 3. The number of aromatic nitrogens is 2. The number of ether oxygens (including phenoxy) is 1. The molecule has 0 unspecified atom stereocenters. The fraction of sp³-hybridized carbons (Fsp3) is 0.286. The summed E-state index contributed by atoms with van der Waals surface area (Å²) in [6.45, 7) is 7.32. The number of H-pyrrole nitrogens is 1. The van der Waals surface area contributed by atoms with Crippen molar-refractivity contribution < 1.29 is 18.1 Å². The molecule has 0 radical (unpaired) electrons. The van der Waals surface area contributed by atoms with Crippen LogP contribution >= 0.6 is 12.2 Å². The molecule has 4 aromatic rings. The van der Waals surface area contributed by atoms with Crippen LogP contribution in [0.1, 0.15) is 35.5 Å². The van der Waals surface area contributed by atoms with Gasteiger partial charge in [0, 0.05) is 48.5 Å². The molecule has 1 amide bonds. The van der Waals surface area contributed by atoms with Crippen molar-refractivity contribution in [2.45, 2.75) is 33.7 Å². The average Bonchev–Trinajstić information content (AvgIpc) is 3.29. The number of anilines is 1. The van der Waals surface area contributed by atoms with Crippen molar-refractivity contribution >= 4 is 34.7 Å². The third-order valence-corrected chi connectivity index (χ3v) is 6.65. The Morgan fingerprint density at radius 1 is 1.13 bits per heavy atom. The van der Waals surface area contributed by atoms with Gasteiger partial charge in [-0.15, -0.1) is 0 Å². The van der Waals surface area contributed by atoms with Gasteiger partial charge >= 0.3 is 0 Å². The Kier molecular flexibility index (Phi) is 7.84. The van der Waals surface area contributed by atoms with Crippen molar-refractivity contribution in [1.29, 1.82) is 0 Å². The topological polar surface area (TPSA) is 88.6 Å². The van der Waals surface area contributed by atoms with Gasteiger partial charge < -0.3 is 23.8 Å². The minimum absolute atomic E-state index is 0.0658. The first-order valence-electron chi connectivity index (χ1n) is 12.1. The Morgan fingerprint density at radius 2 is 1.82 bits per heavy atom. The van der Waals surface area contributed by atoms with Gasteiger partial charge in [-0.1, -0.05) is 0 Å². The molecule has 0 bridgehead atoms. The van der Waals surface area contributed by atoms with Gasteiger partial charge in [0.05, 0.1) is 7.11 Å². The number of pyridine rings is 1. The molecule has 0 saturated heterocycles. The van der Waals surface area contributed by atoms with E-state index in [2.05, 4.69) is 10.3 Å². The van der Waals surface area contributed by atoms with Crippen LogP contribution in [0.25, 0.3) is 22.0 Å². The van der Waals surface area contributed by atoms with Crippen molar-refractivity contribution in [2.24, 2.45) is 7.05 Å². The van der Waals surface area contributed by atoms with Gasteiger partial charge in [0.1, 0.15) is 40.8 Å². The van der Waals surface area contributed by atoms with E-state index in [9.17, 15) is 14.0 Å². The van der Waals surface area contributed by atoms with E-state index in [1.807, 2.05) is 43.4 Å². The molecule has 38 heavy (non-hydrogen) atoms. The number of hydrogen-bond acceptors (Lipinski definition) is 6. The molecule has 4 rings (SSSR count). The number of benzene rings is 2. The van der Waals surface area contributed by atoms with Crippen molar-refractivity contribution in [2.75, 3.05) is 18.5 Å². The molecule has 2 N–H and O–H groups in total. The fourth-order valence-electron chi connectivity index (χ4n) is 4.35. The maximum Gasteiger partial charge on any atom is 0.274 e. The second-order valence-electron chi connectivity index (χ2n) is 9.45. The smallest absolute Gasteiger partial charge is 0.274 e. The molecule has 0 fully saturated rings. The molecule has 0 aliphatic carbocycles. The highest BCUT2D eigenvalue weighted by Gasteiger charge is 2.21. The van der Waals surface area contributed by atoms with Gasteiger partial charge in [0.25, 0.3) is 11.5 Å². The lowest BCUT2D eigenvalue weighted by molar-refractivity contribution is 0.0939. The van der Waals surface area contributed by atoms with E-state index in [1.165, 1.54) is 16.7 Å². The second-order valence-corrected chi connectivity index (χ2v) is 10.5. The largest absolute Gasteiger partial charge is 0.456 e. The summed E-state index contributed by atoms with van der Waals surface area (Å²) < 4.78 is 28.9. The number of nitrogens with zero attached hydrogens (tertiary/aromatic N) is 2. The quantitative estimate of drug-likeness (QED) is 0.216. The summed E-state index contributed by atoms with van der Waals surface area (Å²) >= 11 is 1.16. The summed E-state index contributed by atoms with van der Waals surface area (Å²) in [5.41, 5.74) is 3.84. The van der Waals surface area contributed by atoms with Gasteiger partial charge in [-0.3, -0.25) is 13.9 Å². The van der Waals surface area contributed by atoms with Gasteiger partial charge in [0.15, 0.2) is 0 Å². The van der Waals surface area contributed by atoms with Gasteiger partial charge in [-0.2, -0.15) is 0 Å². The van der Waals surface area contributed by atoms with E-state index in [-0.39, 0.29) is 29.0 Å². The molecule has 2 aromatic carbocycles. The molecule has 0 spiro atoms. The van der Waals surface area contributed by atoms with Crippen molar-refractivity contribution in [3.05, 3.63) is 75.6 Å². The lowest BCUT2D eigenvalue weighted by Gasteiger charge is -2.20. The van der Waals surface area contributed by atoms with Gasteiger partial charge in [0.2, 0.25) is 0 Å². The average molecular weight is 539 g/mol. The molecule has 0 saturated carbocycles.